The Hall–Kier alpha value is -0.740. The Morgan fingerprint density at radius 3 is 2.74 bits per heavy atom. The molecule has 0 amide bonds. The molecule has 1 heterocycles. The van der Waals surface area contributed by atoms with Gasteiger partial charge in [0.2, 0.25) is 0 Å². The fourth-order valence-corrected chi connectivity index (χ4v) is 3.64. The molecule has 0 radical (unpaired) electrons. The Morgan fingerprint density at radius 2 is 2.21 bits per heavy atom. The van der Waals surface area contributed by atoms with E-state index in [4.69, 9.17) is 14.9 Å². The van der Waals surface area contributed by atoms with Crippen molar-refractivity contribution in [3.05, 3.63) is 0 Å². The van der Waals surface area contributed by atoms with Gasteiger partial charge in [-0.25, -0.2) is 0 Å². The number of carboxylic acids is 1. The lowest BCUT2D eigenvalue weighted by molar-refractivity contribution is -0.142. The highest BCUT2D eigenvalue weighted by atomic mass is 32.2. The van der Waals surface area contributed by atoms with Gasteiger partial charge in [-0.2, -0.15) is 17.4 Å². The molecule has 0 aromatic rings. The predicted molar refractivity (Wildman–Crippen MR) is 66.8 cm³/mol. The number of carboxylic acid groups (broad SMARTS) is 1. The molecule has 0 bridgehead atoms. The number of rotatable bonds is 7. The van der Waals surface area contributed by atoms with Crippen molar-refractivity contribution in [2.45, 2.75) is 31.3 Å². The van der Waals surface area contributed by atoms with Crippen molar-refractivity contribution in [3.63, 3.8) is 0 Å². The third-order valence-electron chi connectivity index (χ3n) is 2.95. The van der Waals surface area contributed by atoms with E-state index in [1.807, 2.05) is 0 Å². The minimum atomic E-state index is -3.95. The zero-order chi connectivity index (χ0) is 14.5. The van der Waals surface area contributed by atoms with E-state index in [1.54, 1.807) is 0 Å². The van der Waals surface area contributed by atoms with Crippen LogP contribution in [0.1, 0.15) is 19.3 Å². The summed E-state index contributed by atoms with van der Waals surface area (Å²) < 4.78 is 32.2. The van der Waals surface area contributed by atoms with Crippen molar-refractivity contribution in [2.24, 2.45) is 0 Å². The minimum absolute atomic E-state index is 0.0152. The van der Waals surface area contributed by atoms with Crippen LogP contribution in [0, 0.1) is 0 Å². The molecule has 1 saturated heterocycles. The molecule has 1 rings (SSSR count). The first-order valence-corrected chi connectivity index (χ1v) is 7.48. The molecule has 9 heteroatoms. The van der Waals surface area contributed by atoms with Gasteiger partial charge >= 0.3 is 5.97 Å². The van der Waals surface area contributed by atoms with Gasteiger partial charge in [-0.15, -0.1) is 0 Å². The maximum absolute atomic E-state index is 12.1. The van der Waals surface area contributed by atoms with E-state index in [-0.39, 0.29) is 13.2 Å². The number of hydrogen-bond donors (Lipinski definition) is 3. The first-order valence-electron chi connectivity index (χ1n) is 6.04. The predicted octanol–water partition coefficient (Wildman–Crippen LogP) is -1.23. The summed E-state index contributed by atoms with van der Waals surface area (Å²) in [6.07, 6.45) is 1.60. The van der Waals surface area contributed by atoms with Gasteiger partial charge in [-0.3, -0.25) is 4.79 Å². The molecule has 2 atom stereocenters. The summed E-state index contributed by atoms with van der Waals surface area (Å²) in [6, 6.07) is -1.83. The van der Waals surface area contributed by atoms with Gasteiger partial charge in [-0.05, 0) is 19.3 Å². The zero-order valence-corrected chi connectivity index (χ0v) is 11.6. The van der Waals surface area contributed by atoms with Crippen molar-refractivity contribution in [1.82, 2.24) is 9.03 Å². The van der Waals surface area contributed by atoms with E-state index in [0.717, 1.165) is 4.31 Å². The maximum Gasteiger partial charge on any atom is 0.322 e. The lowest BCUT2D eigenvalue weighted by Gasteiger charge is -2.32. The number of hydrogen-bond acceptors (Lipinski definition) is 5. The largest absolute Gasteiger partial charge is 0.480 e. The second-order valence-electron chi connectivity index (χ2n) is 4.42. The minimum Gasteiger partial charge on any atom is -0.480 e. The molecule has 1 aliphatic heterocycles. The monoisotopic (exact) mass is 296 g/mol. The third-order valence-corrected chi connectivity index (χ3v) is 4.64. The van der Waals surface area contributed by atoms with E-state index < -0.39 is 34.9 Å². The fraction of sp³-hybridized carbons (Fsp3) is 0.900. The lowest BCUT2D eigenvalue weighted by Crippen LogP contribution is -2.55. The van der Waals surface area contributed by atoms with E-state index in [1.165, 1.54) is 7.11 Å². The smallest absolute Gasteiger partial charge is 0.322 e. The molecule has 3 N–H and O–H groups in total. The molecule has 0 aromatic carbocycles. The lowest BCUT2D eigenvalue weighted by atomic mass is 10.1. The number of nitrogens with one attached hydrogen (secondary N) is 1. The first kappa shape index (κ1) is 16.3. The van der Waals surface area contributed by atoms with Gasteiger partial charge in [0.25, 0.3) is 10.2 Å². The second-order valence-corrected chi connectivity index (χ2v) is 6.07. The number of carbonyl (C=O) groups is 1. The molecule has 0 aromatic heterocycles. The van der Waals surface area contributed by atoms with Gasteiger partial charge < -0.3 is 14.9 Å². The Labute approximate surface area is 112 Å². The van der Waals surface area contributed by atoms with Crippen LogP contribution in [-0.4, -0.2) is 67.9 Å². The molecule has 1 fully saturated rings. The van der Waals surface area contributed by atoms with Crippen LogP contribution in [0.3, 0.4) is 0 Å². The second kappa shape index (κ2) is 7.15. The summed E-state index contributed by atoms with van der Waals surface area (Å²) in [5.41, 5.74) is 0. The van der Waals surface area contributed by atoms with Crippen molar-refractivity contribution in [1.29, 1.82) is 0 Å². The molecule has 19 heavy (non-hydrogen) atoms. The number of methoxy groups -OCH3 is 1. The van der Waals surface area contributed by atoms with Crippen LogP contribution in [0.5, 0.6) is 0 Å². The number of ether oxygens (including phenoxy) is 1. The van der Waals surface area contributed by atoms with Crippen molar-refractivity contribution < 1.29 is 28.2 Å². The van der Waals surface area contributed by atoms with E-state index in [9.17, 15) is 13.2 Å². The van der Waals surface area contributed by atoms with Gasteiger partial charge in [-0.1, -0.05) is 0 Å². The quantitative estimate of drug-likeness (QED) is 0.541. The zero-order valence-electron chi connectivity index (χ0n) is 10.8. The fourth-order valence-electron chi connectivity index (χ4n) is 2.04. The summed E-state index contributed by atoms with van der Waals surface area (Å²) in [7, 11) is -2.56. The van der Waals surface area contributed by atoms with Crippen molar-refractivity contribution in [3.8, 4) is 0 Å². The molecule has 0 aliphatic carbocycles. The van der Waals surface area contributed by atoms with Gasteiger partial charge in [0.05, 0.1) is 19.3 Å². The topological polar surface area (TPSA) is 116 Å². The third kappa shape index (κ3) is 4.39. The summed E-state index contributed by atoms with van der Waals surface area (Å²) in [5, 5.41) is 18.1. The van der Waals surface area contributed by atoms with Gasteiger partial charge in [0.15, 0.2) is 0 Å². The van der Waals surface area contributed by atoms with Crippen molar-refractivity contribution >= 4 is 16.2 Å². The van der Waals surface area contributed by atoms with Crippen LogP contribution >= 0.6 is 0 Å². The average molecular weight is 296 g/mol. The molecule has 2 unspecified atom stereocenters. The Morgan fingerprint density at radius 1 is 1.53 bits per heavy atom. The maximum atomic E-state index is 12.1. The van der Waals surface area contributed by atoms with E-state index in [0.29, 0.717) is 19.3 Å². The number of aliphatic hydroxyl groups is 1. The number of piperidine rings is 1. The Bertz CT molecular complexity index is 399. The summed E-state index contributed by atoms with van der Waals surface area (Å²) in [6.45, 7) is -0.239. The molecule has 0 saturated carbocycles. The molecular weight excluding hydrogens is 276 g/mol. The normalized spacial score (nSPS) is 23.2. The van der Waals surface area contributed by atoms with Crippen molar-refractivity contribution in [2.75, 3.05) is 26.9 Å². The molecule has 1 aliphatic rings. The van der Waals surface area contributed by atoms with Crippen LogP contribution < -0.4 is 4.72 Å². The van der Waals surface area contributed by atoms with Crippen LogP contribution in [0.2, 0.25) is 0 Å². The van der Waals surface area contributed by atoms with Crippen LogP contribution in [0.4, 0.5) is 0 Å². The summed E-state index contributed by atoms with van der Waals surface area (Å²) in [4.78, 5) is 11.1. The first-order chi connectivity index (χ1) is 8.92. The van der Waals surface area contributed by atoms with E-state index >= 15 is 0 Å². The molecular formula is C10H20N2O6S. The van der Waals surface area contributed by atoms with Gasteiger partial charge in [0.1, 0.15) is 6.04 Å². The van der Waals surface area contributed by atoms with Crippen LogP contribution in [-0.2, 0) is 19.7 Å². The Balaban J connectivity index is 2.81. The highest BCUT2D eigenvalue weighted by molar-refractivity contribution is 7.87. The number of nitrogens with zero attached hydrogens (tertiary/aromatic N) is 1. The van der Waals surface area contributed by atoms with Crippen LogP contribution in [0.25, 0.3) is 0 Å². The molecule has 0 spiro atoms. The van der Waals surface area contributed by atoms with E-state index in [2.05, 4.69) is 4.72 Å². The molecule has 112 valence electrons. The van der Waals surface area contributed by atoms with Crippen LogP contribution in [0.15, 0.2) is 0 Å². The summed E-state index contributed by atoms with van der Waals surface area (Å²) in [5.74, 6) is -1.16. The SMILES string of the molecule is COCC(CO)NS(=O)(=O)N1CCCCC1C(=O)O. The summed E-state index contributed by atoms with van der Waals surface area (Å²) >= 11 is 0. The van der Waals surface area contributed by atoms with Gasteiger partial charge in [0, 0.05) is 13.7 Å². The highest BCUT2D eigenvalue weighted by Crippen LogP contribution is 2.20. The number of aliphatic hydroxyl groups excluding tert-OH is 1. The standard InChI is InChI=1S/C10H20N2O6S/c1-18-7-8(6-13)11-19(16,17)12-5-3-2-4-9(12)10(14)15/h8-9,11,13H,2-7H2,1H3,(H,14,15). The highest BCUT2D eigenvalue weighted by Gasteiger charge is 2.37. The number of aliphatic carboxylic acids is 1. The molecule has 8 nitrogen and oxygen atoms in total. The Kier molecular flexibility index (Phi) is 6.14. The average Bonchev–Trinajstić information content (AvgIpc) is 2.38.